The summed E-state index contributed by atoms with van der Waals surface area (Å²) in [6.07, 6.45) is 2.69. The summed E-state index contributed by atoms with van der Waals surface area (Å²) < 4.78 is 4.95. The normalized spacial score (nSPS) is 10.2. The second kappa shape index (κ2) is 6.49. The maximum absolute atomic E-state index is 10.4. The van der Waals surface area contributed by atoms with Crippen molar-refractivity contribution in [1.29, 1.82) is 0 Å². The predicted molar refractivity (Wildman–Crippen MR) is 67.7 cm³/mol. The smallest absolute Gasteiger partial charge is 0.503 e. The number of phenolic OH excluding ortho intramolecular Hbond substituents is 1. The fourth-order valence-electron chi connectivity index (χ4n) is 1.52. The van der Waals surface area contributed by atoms with Crippen molar-refractivity contribution in [2.75, 3.05) is 0 Å². The molecule has 0 amide bonds. The Balaban J connectivity index is 2.82. The van der Waals surface area contributed by atoms with E-state index in [-0.39, 0.29) is 11.5 Å². The van der Waals surface area contributed by atoms with E-state index in [1.54, 1.807) is 6.07 Å². The van der Waals surface area contributed by atoms with E-state index >= 15 is 0 Å². The number of aryl methyl sites for hydroxylation is 1. The summed E-state index contributed by atoms with van der Waals surface area (Å²) in [5.74, 6) is -0.218. The number of rotatable bonds is 5. The Bertz CT molecular complexity index is 404. The molecule has 0 bridgehead atoms. The quantitative estimate of drug-likeness (QED) is 0.491. The molecule has 0 aromatic heterocycles. The summed E-state index contributed by atoms with van der Waals surface area (Å²) in [6.45, 7) is 2.12. The lowest BCUT2D eigenvalue weighted by atomic mass is 10.1. The molecule has 1 aromatic carbocycles. The Morgan fingerprint density at radius 3 is 2.71 bits per heavy atom. The van der Waals surface area contributed by atoms with Gasteiger partial charge in [-0.25, -0.2) is 4.79 Å². The average molecular weight is 303 g/mol. The summed E-state index contributed by atoms with van der Waals surface area (Å²) in [7, 11) is 0. The molecular weight excluding hydrogens is 288 g/mol. The minimum Gasteiger partial charge on any atom is -0.503 e. The van der Waals surface area contributed by atoms with Gasteiger partial charge in [-0.2, -0.15) is 0 Å². The van der Waals surface area contributed by atoms with Crippen molar-refractivity contribution in [1.82, 2.24) is 0 Å². The predicted octanol–water partition coefficient (Wildman–Crippen LogP) is 3.94. The van der Waals surface area contributed by atoms with Crippen LogP contribution in [0, 0.1) is 0 Å². The average Bonchev–Trinajstić information content (AvgIpc) is 2.28. The monoisotopic (exact) mass is 302 g/mol. The summed E-state index contributed by atoms with van der Waals surface area (Å²) in [5, 5.41) is 18.2. The number of benzene rings is 1. The van der Waals surface area contributed by atoms with Crippen LogP contribution in [0.1, 0.15) is 31.7 Å². The molecule has 4 nitrogen and oxygen atoms in total. The third-order valence-electron chi connectivity index (χ3n) is 2.41. The van der Waals surface area contributed by atoms with E-state index in [0.29, 0.717) is 4.47 Å². The maximum atomic E-state index is 10.4. The Morgan fingerprint density at radius 2 is 2.12 bits per heavy atom. The van der Waals surface area contributed by atoms with Crippen molar-refractivity contribution in [3.05, 3.63) is 22.2 Å². The lowest BCUT2D eigenvalue weighted by Gasteiger charge is -2.09. The number of unbranched alkanes of at least 4 members (excludes halogenated alkanes) is 2. The van der Waals surface area contributed by atoms with Gasteiger partial charge in [0.15, 0.2) is 11.5 Å². The number of hydrogen-bond acceptors (Lipinski definition) is 3. The van der Waals surface area contributed by atoms with Gasteiger partial charge in [0.2, 0.25) is 0 Å². The van der Waals surface area contributed by atoms with Gasteiger partial charge in [-0.15, -0.1) is 0 Å². The van der Waals surface area contributed by atoms with Crippen molar-refractivity contribution in [2.45, 2.75) is 32.6 Å². The summed E-state index contributed by atoms with van der Waals surface area (Å²) in [5.41, 5.74) is 0.952. The number of carbonyl (C=O) groups is 1. The van der Waals surface area contributed by atoms with Gasteiger partial charge in [-0.1, -0.05) is 25.8 Å². The molecule has 0 heterocycles. The molecule has 0 aliphatic rings. The zero-order valence-electron chi connectivity index (χ0n) is 9.57. The number of ether oxygens (including phenoxy) is 1. The number of aromatic hydroxyl groups is 1. The molecule has 0 atom stereocenters. The van der Waals surface area contributed by atoms with Crippen LogP contribution in [0.3, 0.4) is 0 Å². The second-order valence-electron chi connectivity index (χ2n) is 3.71. The van der Waals surface area contributed by atoms with Crippen molar-refractivity contribution < 1.29 is 19.7 Å². The van der Waals surface area contributed by atoms with Crippen LogP contribution in [-0.2, 0) is 6.42 Å². The molecule has 0 fully saturated rings. The van der Waals surface area contributed by atoms with E-state index in [1.165, 1.54) is 6.07 Å². The lowest BCUT2D eigenvalue weighted by molar-refractivity contribution is 0.143. The molecule has 5 heteroatoms. The highest BCUT2D eigenvalue weighted by Gasteiger charge is 2.13. The lowest BCUT2D eigenvalue weighted by Crippen LogP contribution is -2.03. The standard InChI is InChI=1S/C12H15BrO4/c1-2-3-4-5-8-6-7-9(17-12(15)16)11(14)10(8)13/h6-7,14H,2-5H2,1H3,(H,15,16). The molecule has 0 saturated carbocycles. The summed E-state index contributed by atoms with van der Waals surface area (Å²) in [6, 6.07) is 3.23. The van der Waals surface area contributed by atoms with Gasteiger partial charge < -0.3 is 14.9 Å². The minimum atomic E-state index is -1.44. The van der Waals surface area contributed by atoms with Gasteiger partial charge in [-0.05, 0) is 40.4 Å². The first kappa shape index (κ1) is 13.8. The topological polar surface area (TPSA) is 66.8 Å². The molecular formula is C12H15BrO4. The minimum absolute atomic E-state index is 0.0522. The largest absolute Gasteiger partial charge is 0.511 e. The van der Waals surface area contributed by atoms with Gasteiger partial charge in [0.25, 0.3) is 0 Å². The molecule has 0 spiro atoms. The van der Waals surface area contributed by atoms with Crippen LogP contribution in [0.15, 0.2) is 16.6 Å². The Labute approximate surface area is 108 Å². The first-order valence-electron chi connectivity index (χ1n) is 5.47. The van der Waals surface area contributed by atoms with Crippen LogP contribution in [0.2, 0.25) is 0 Å². The third kappa shape index (κ3) is 3.93. The van der Waals surface area contributed by atoms with Crippen molar-refractivity contribution in [3.63, 3.8) is 0 Å². The molecule has 0 saturated heterocycles. The van der Waals surface area contributed by atoms with E-state index in [2.05, 4.69) is 27.6 Å². The summed E-state index contributed by atoms with van der Waals surface area (Å²) in [4.78, 5) is 10.4. The molecule has 2 N–H and O–H groups in total. The van der Waals surface area contributed by atoms with Gasteiger partial charge >= 0.3 is 6.16 Å². The highest BCUT2D eigenvalue weighted by Crippen LogP contribution is 2.37. The first-order chi connectivity index (χ1) is 8.06. The number of halogens is 1. The molecule has 1 rings (SSSR count). The van der Waals surface area contributed by atoms with Crippen molar-refractivity contribution >= 4 is 22.1 Å². The van der Waals surface area contributed by atoms with Gasteiger partial charge in [0, 0.05) is 0 Å². The number of carboxylic acid groups (broad SMARTS) is 1. The van der Waals surface area contributed by atoms with E-state index in [0.717, 1.165) is 31.2 Å². The number of phenols is 1. The molecule has 17 heavy (non-hydrogen) atoms. The highest BCUT2D eigenvalue weighted by atomic mass is 79.9. The van der Waals surface area contributed by atoms with Crippen LogP contribution in [0.5, 0.6) is 11.5 Å². The van der Waals surface area contributed by atoms with E-state index in [1.807, 2.05) is 0 Å². The SMILES string of the molecule is CCCCCc1ccc(OC(=O)O)c(O)c1Br. The summed E-state index contributed by atoms with van der Waals surface area (Å²) >= 11 is 3.25. The van der Waals surface area contributed by atoms with E-state index in [9.17, 15) is 9.90 Å². The molecule has 0 aliphatic heterocycles. The fraction of sp³-hybridized carbons (Fsp3) is 0.417. The van der Waals surface area contributed by atoms with Gasteiger partial charge in [-0.3, -0.25) is 0 Å². The van der Waals surface area contributed by atoms with Crippen LogP contribution in [-0.4, -0.2) is 16.4 Å². The zero-order chi connectivity index (χ0) is 12.8. The van der Waals surface area contributed by atoms with Gasteiger partial charge in [0.05, 0.1) is 4.47 Å². The highest BCUT2D eigenvalue weighted by molar-refractivity contribution is 9.10. The molecule has 0 aliphatic carbocycles. The molecule has 1 aromatic rings. The maximum Gasteiger partial charge on any atom is 0.511 e. The van der Waals surface area contributed by atoms with E-state index in [4.69, 9.17) is 5.11 Å². The van der Waals surface area contributed by atoms with Crippen molar-refractivity contribution in [2.24, 2.45) is 0 Å². The Kier molecular flexibility index (Phi) is 5.28. The third-order valence-corrected chi connectivity index (χ3v) is 3.29. The Hall–Kier alpha value is -1.23. The van der Waals surface area contributed by atoms with Crippen LogP contribution >= 0.6 is 15.9 Å². The van der Waals surface area contributed by atoms with Gasteiger partial charge in [0.1, 0.15) is 0 Å². The molecule has 0 unspecified atom stereocenters. The number of hydrogen-bond donors (Lipinski definition) is 2. The Morgan fingerprint density at radius 1 is 1.41 bits per heavy atom. The van der Waals surface area contributed by atoms with Crippen molar-refractivity contribution in [3.8, 4) is 11.5 Å². The second-order valence-corrected chi connectivity index (χ2v) is 4.50. The molecule has 0 radical (unpaired) electrons. The van der Waals surface area contributed by atoms with Crippen LogP contribution < -0.4 is 4.74 Å². The fourth-order valence-corrected chi connectivity index (χ4v) is 2.05. The van der Waals surface area contributed by atoms with Crippen LogP contribution in [0.4, 0.5) is 4.79 Å². The van der Waals surface area contributed by atoms with Crippen LogP contribution in [0.25, 0.3) is 0 Å². The zero-order valence-corrected chi connectivity index (χ0v) is 11.2. The molecule has 94 valence electrons. The van der Waals surface area contributed by atoms with E-state index < -0.39 is 6.16 Å². The first-order valence-corrected chi connectivity index (χ1v) is 6.26.